The summed E-state index contributed by atoms with van der Waals surface area (Å²) in [5, 5.41) is 0. The van der Waals surface area contributed by atoms with Crippen LogP contribution in [0.5, 0.6) is 0 Å². The molecule has 0 aliphatic rings. The second-order valence-electron chi connectivity index (χ2n) is 4.52. The Labute approximate surface area is 106 Å². The van der Waals surface area contributed by atoms with Gasteiger partial charge in [-0.1, -0.05) is 30.3 Å². The molecule has 0 radical (unpaired) electrons. The predicted molar refractivity (Wildman–Crippen MR) is 71.3 cm³/mol. The third kappa shape index (κ3) is 2.19. The minimum atomic E-state index is -0.221. The number of rotatable bonds is 2. The number of carbonyl (C=O) groups excluding carboxylic acids is 1. The lowest BCUT2D eigenvalue weighted by Gasteiger charge is -2.10. The first-order chi connectivity index (χ1) is 8.50. The number of hydrogen-bond donors (Lipinski definition) is 0. The molecule has 0 amide bonds. The Bertz CT molecular complexity index is 614. The summed E-state index contributed by atoms with van der Waals surface area (Å²) in [6.45, 7) is 5.17. The number of aryl methyl sites for hydroxylation is 2. The smallest absolute Gasteiger partial charge is 0.159 e. The van der Waals surface area contributed by atoms with Crippen molar-refractivity contribution >= 4 is 5.78 Å². The molecule has 0 heterocycles. The van der Waals surface area contributed by atoms with E-state index in [0.29, 0.717) is 16.7 Å². The molecule has 2 rings (SSSR count). The Morgan fingerprint density at radius 1 is 1.00 bits per heavy atom. The lowest BCUT2D eigenvalue weighted by molar-refractivity contribution is 0.101. The summed E-state index contributed by atoms with van der Waals surface area (Å²) in [4.78, 5) is 11.4. The molecular formula is C16H15FO. The molecule has 0 saturated heterocycles. The standard InChI is InChI=1S/C16H15FO/c1-10-7-8-13(12(3)18)9-15(10)14-6-4-5-11(2)16(14)17/h4-9H,1-3H3. The van der Waals surface area contributed by atoms with Crippen molar-refractivity contribution in [1.82, 2.24) is 0 Å². The van der Waals surface area contributed by atoms with Crippen LogP contribution in [0.15, 0.2) is 36.4 Å². The largest absolute Gasteiger partial charge is 0.295 e. The third-order valence-electron chi connectivity index (χ3n) is 3.13. The highest BCUT2D eigenvalue weighted by Crippen LogP contribution is 2.28. The van der Waals surface area contributed by atoms with Crippen LogP contribution in [0, 0.1) is 19.7 Å². The zero-order valence-electron chi connectivity index (χ0n) is 10.8. The first-order valence-electron chi connectivity index (χ1n) is 5.88. The van der Waals surface area contributed by atoms with Crippen LogP contribution in [0.2, 0.25) is 0 Å². The fourth-order valence-electron chi connectivity index (χ4n) is 1.99. The van der Waals surface area contributed by atoms with Crippen molar-refractivity contribution in [2.75, 3.05) is 0 Å². The van der Waals surface area contributed by atoms with Crippen LogP contribution in [0.1, 0.15) is 28.4 Å². The van der Waals surface area contributed by atoms with Gasteiger partial charge < -0.3 is 0 Å². The first-order valence-corrected chi connectivity index (χ1v) is 5.88. The molecule has 0 aliphatic heterocycles. The number of benzene rings is 2. The maximum atomic E-state index is 14.1. The quantitative estimate of drug-likeness (QED) is 0.717. The molecule has 92 valence electrons. The summed E-state index contributed by atoms with van der Waals surface area (Å²) in [6.07, 6.45) is 0. The van der Waals surface area contributed by atoms with E-state index in [0.717, 1.165) is 11.1 Å². The lowest BCUT2D eigenvalue weighted by atomic mass is 9.95. The van der Waals surface area contributed by atoms with Crippen LogP contribution in [0.25, 0.3) is 11.1 Å². The Hall–Kier alpha value is -1.96. The van der Waals surface area contributed by atoms with E-state index in [1.807, 2.05) is 19.1 Å². The average Bonchev–Trinajstić information content (AvgIpc) is 2.33. The van der Waals surface area contributed by atoms with Gasteiger partial charge in [-0.25, -0.2) is 4.39 Å². The van der Waals surface area contributed by atoms with Crippen LogP contribution >= 0.6 is 0 Å². The molecule has 0 bridgehead atoms. The third-order valence-corrected chi connectivity index (χ3v) is 3.13. The second-order valence-corrected chi connectivity index (χ2v) is 4.52. The molecule has 0 spiro atoms. The molecule has 0 aliphatic carbocycles. The molecule has 1 nitrogen and oxygen atoms in total. The van der Waals surface area contributed by atoms with Crippen LogP contribution in [0.4, 0.5) is 4.39 Å². The van der Waals surface area contributed by atoms with Gasteiger partial charge in [0.2, 0.25) is 0 Å². The van der Waals surface area contributed by atoms with Crippen molar-refractivity contribution in [2.24, 2.45) is 0 Å². The van der Waals surface area contributed by atoms with Gasteiger partial charge in [-0.2, -0.15) is 0 Å². The SMILES string of the molecule is CC(=O)c1ccc(C)c(-c2cccc(C)c2F)c1. The van der Waals surface area contributed by atoms with Gasteiger partial charge in [0, 0.05) is 11.1 Å². The number of carbonyl (C=O) groups is 1. The van der Waals surface area contributed by atoms with Crippen LogP contribution in [-0.2, 0) is 0 Å². The highest BCUT2D eigenvalue weighted by atomic mass is 19.1. The van der Waals surface area contributed by atoms with Gasteiger partial charge >= 0.3 is 0 Å². The van der Waals surface area contributed by atoms with Crippen molar-refractivity contribution in [1.29, 1.82) is 0 Å². The Balaban J connectivity index is 2.66. The normalized spacial score (nSPS) is 10.4. The summed E-state index contributed by atoms with van der Waals surface area (Å²) < 4.78 is 14.1. The summed E-state index contributed by atoms with van der Waals surface area (Å²) >= 11 is 0. The van der Waals surface area contributed by atoms with Gasteiger partial charge in [-0.15, -0.1) is 0 Å². The molecule has 2 heteroatoms. The van der Waals surface area contributed by atoms with Gasteiger partial charge in [-0.3, -0.25) is 4.79 Å². The molecule has 0 aromatic heterocycles. The van der Waals surface area contributed by atoms with Crippen molar-refractivity contribution < 1.29 is 9.18 Å². The van der Waals surface area contributed by atoms with Crippen LogP contribution in [-0.4, -0.2) is 5.78 Å². The van der Waals surface area contributed by atoms with Gasteiger partial charge in [0.25, 0.3) is 0 Å². The molecular weight excluding hydrogens is 227 g/mol. The van der Waals surface area contributed by atoms with E-state index >= 15 is 0 Å². The van der Waals surface area contributed by atoms with Crippen molar-refractivity contribution in [3.8, 4) is 11.1 Å². The van der Waals surface area contributed by atoms with Crippen molar-refractivity contribution in [2.45, 2.75) is 20.8 Å². The molecule has 0 fully saturated rings. The molecule has 0 N–H and O–H groups in total. The van der Waals surface area contributed by atoms with E-state index in [1.54, 1.807) is 31.2 Å². The molecule has 2 aromatic carbocycles. The molecule has 2 aromatic rings. The molecule has 0 atom stereocenters. The topological polar surface area (TPSA) is 17.1 Å². The van der Waals surface area contributed by atoms with Crippen molar-refractivity contribution in [3.63, 3.8) is 0 Å². The zero-order chi connectivity index (χ0) is 13.3. The highest BCUT2D eigenvalue weighted by Gasteiger charge is 2.11. The molecule has 18 heavy (non-hydrogen) atoms. The fourth-order valence-corrected chi connectivity index (χ4v) is 1.99. The Morgan fingerprint density at radius 2 is 1.72 bits per heavy atom. The summed E-state index contributed by atoms with van der Waals surface area (Å²) in [5.74, 6) is -0.231. The van der Waals surface area contributed by atoms with Crippen LogP contribution < -0.4 is 0 Å². The van der Waals surface area contributed by atoms with E-state index in [-0.39, 0.29) is 11.6 Å². The highest BCUT2D eigenvalue weighted by molar-refractivity contribution is 5.95. The van der Waals surface area contributed by atoms with Gasteiger partial charge in [0.05, 0.1) is 0 Å². The number of halogens is 1. The van der Waals surface area contributed by atoms with E-state index in [4.69, 9.17) is 0 Å². The van der Waals surface area contributed by atoms with Crippen molar-refractivity contribution in [3.05, 3.63) is 58.9 Å². The number of hydrogen-bond acceptors (Lipinski definition) is 1. The predicted octanol–water partition coefficient (Wildman–Crippen LogP) is 4.31. The first kappa shape index (κ1) is 12.5. The zero-order valence-corrected chi connectivity index (χ0v) is 10.8. The second kappa shape index (κ2) is 4.73. The lowest BCUT2D eigenvalue weighted by Crippen LogP contribution is -1.96. The van der Waals surface area contributed by atoms with Gasteiger partial charge in [0.1, 0.15) is 5.82 Å². The monoisotopic (exact) mass is 242 g/mol. The summed E-state index contributed by atoms with van der Waals surface area (Å²) in [6, 6.07) is 10.7. The summed E-state index contributed by atoms with van der Waals surface area (Å²) in [5.41, 5.74) is 3.51. The Kier molecular flexibility index (Phi) is 3.28. The van der Waals surface area contributed by atoms with Gasteiger partial charge in [0.15, 0.2) is 5.78 Å². The van der Waals surface area contributed by atoms with Crippen LogP contribution in [0.3, 0.4) is 0 Å². The van der Waals surface area contributed by atoms with Gasteiger partial charge in [-0.05, 0) is 43.5 Å². The number of Topliss-reactive ketones (excluding diaryl/α,β-unsaturated/α-hetero) is 1. The maximum absolute atomic E-state index is 14.1. The minimum Gasteiger partial charge on any atom is -0.295 e. The molecule has 0 saturated carbocycles. The molecule has 0 unspecified atom stereocenters. The Morgan fingerprint density at radius 3 is 2.39 bits per heavy atom. The van der Waals surface area contributed by atoms with E-state index in [9.17, 15) is 9.18 Å². The van der Waals surface area contributed by atoms with E-state index in [2.05, 4.69) is 0 Å². The summed E-state index contributed by atoms with van der Waals surface area (Å²) in [7, 11) is 0. The number of ketones is 1. The average molecular weight is 242 g/mol. The fraction of sp³-hybridized carbons (Fsp3) is 0.188. The maximum Gasteiger partial charge on any atom is 0.159 e. The van der Waals surface area contributed by atoms with E-state index in [1.165, 1.54) is 6.92 Å². The minimum absolute atomic E-state index is 0.00990. The van der Waals surface area contributed by atoms with E-state index < -0.39 is 0 Å².